The highest BCUT2D eigenvalue weighted by Gasteiger charge is 2.39. The van der Waals surface area contributed by atoms with E-state index in [0.717, 1.165) is 0 Å². The van der Waals surface area contributed by atoms with Gasteiger partial charge in [-0.15, -0.1) is 0 Å². The summed E-state index contributed by atoms with van der Waals surface area (Å²) in [5.74, 6) is -0.191. The Kier molecular flexibility index (Phi) is 3.63. The Morgan fingerprint density at radius 1 is 1.20 bits per heavy atom. The number of likely N-dealkylation sites (tertiary alicyclic amines) is 1. The lowest BCUT2D eigenvalue weighted by atomic mass is 9.93. The first-order chi connectivity index (χ1) is 12.1. The van der Waals surface area contributed by atoms with Crippen molar-refractivity contribution in [1.29, 1.82) is 0 Å². The summed E-state index contributed by atoms with van der Waals surface area (Å²) in [6.45, 7) is 1.10. The molecule has 2 aromatic rings. The van der Waals surface area contributed by atoms with Crippen molar-refractivity contribution in [3.63, 3.8) is 0 Å². The zero-order valence-corrected chi connectivity index (χ0v) is 13.6. The van der Waals surface area contributed by atoms with Crippen molar-refractivity contribution >= 4 is 17.4 Å². The minimum Gasteiger partial charge on any atom is -0.383 e. The number of pyridine rings is 1. The fourth-order valence-electron chi connectivity index (χ4n) is 3.45. The number of amides is 1. The number of piperidine rings is 1. The number of aliphatic imine (C=N–C) groups is 1. The second kappa shape index (κ2) is 5.84. The van der Waals surface area contributed by atoms with Crippen LogP contribution in [-0.4, -0.2) is 40.4 Å². The Morgan fingerprint density at radius 2 is 1.92 bits per heavy atom. The first kappa shape index (κ1) is 15.6. The molecule has 0 aliphatic carbocycles. The first-order valence-corrected chi connectivity index (χ1v) is 8.20. The van der Waals surface area contributed by atoms with Crippen LogP contribution < -0.4 is 11.1 Å². The maximum atomic E-state index is 14.0. The molecule has 7 heteroatoms. The average molecular weight is 339 g/mol. The number of amidine groups is 1. The van der Waals surface area contributed by atoms with Crippen molar-refractivity contribution in [2.24, 2.45) is 10.7 Å². The van der Waals surface area contributed by atoms with Gasteiger partial charge in [-0.2, -0.15) is 0 Å². The quantitative estimate of drug-likeness (QED) is 0.832. The highest BCUT2D eigenvalue weighted by Crippen LogP contribution is 2.35. The van der Waals surface area contributed by atoms with E-state index < -0.39 is 5.66 Å². The van der Waals surface area contributed by atoms with Gasteiger partial charge in [-0.1, -0.05) is 6.07 Å². The van der Waals surface area contributed by atoms with Gasteiger partial charge in [-0.3, -0.25) is 9.78 Å². The fourth-order valence-corrected chi connectivity index (χ4v) is 3.45. The van der Waals surface area contributed by atoms with Crippen LogP contribution in [0.3, 0.4) is 0 Å². The predicted octanol–water partition coefficient (Wildman–Crippen LogP) is 1.98. The van der Waals surface area contributed by atoms with E-state index in [-0.39, 0.29) is 17.6 Å². The molecule has 1 amide bonds. The van der Waals surface area contributed by atoms with Crippen molar-refractivity contribution in [3.8, 4) is 0 Å². The van der Waals surface area contributed by atoms with Gasteiger partial charge >= 0.3 is 0 Å². The predicted molar refractivity (Wildman–Crippen MR) is 92.9 cm³/mol. The Morgan fingerprint density at radius 3 is 2.64 bits per heavy atom. The van der Waals surface area contributed by atoms with E-state index in [1.54, 1.807) is 41.6 Å². The number of hydrogen-bond donors (Lipinski definition) is 2. The maximum absolute atomic E-state index is 14.0. The molecule has 0 radical (unpaired) electrons. The minimum absolute atomic E-state index is 0.0172. The summed E-state index contributed by atoms with van der Waals surface area (Å²) in [4.78, 5) is 22.8. The smallest absolute Gasteiger partial charge is 0.253 e. The van der Waals surface area contributed by atoms with Crippen molar-refractivity contribution in [2.45, 2.75) is 18.5 Å². The monoisotopic (exact) mass is 339 g/mol. The van der Waals surface area contributed by atoms with Crippen LogP contribution in [-0.2, 0) is 0 Å². The second-order valence-corrected chi connectivity index (χ2v) is 6.34. The lowest BCUT2D eigenvalue weighted by molar-refractivity contribution is 0.0685. The van der Waals surface area contributed by atoms with Gasteiger partial charge in [0.2, 0.25) is 0 Å². The lowest BCUT2D eigenvalue weighted by Crippen LogP contribution is -2.52. The van der Waals surface area contributed by atoms with E-state index in [2.05, 4.69) is 15.3 Å². The molecular formula is C18H18FN5O. The zero-order chi connectivity index (χ0) is 17.4. The Bertz CT molecular complexity index is 844. The number of hydrogen-bond acceptors (Lipinski definition) is 5. The molecule has 0 unspecified atom stereocenters. The molecule has 4 rings (SSSR count). The molecule has 128 valence electrons. The number of rotatable bonds is 1. The number of benzene rings is 1. The van der Waals surface area contributed by atoms with Crippen molar-refractivity contribution in [3.05, 3.63) is 59.7 Å². The summed E-state index contributed by atoms with van der Waals surface area (Å²) in [7, 11) is 0. The fraction of sp³-hybridized carbons (Fsp3) is 0.278. The SMILES string of the molecule is NC1=NC2(CCN(C(=O)c3ccncc3)CC2)Nc2cccc(F)c21. The topological polar surface area (TPSA) is 83.6 Å². The second-order valence-electron chi connectivity index (χ2n) is 6.34. The van der Waals surface area contributed by atoms with Gasteiger partial charge in [-0.25, -0.2) is 9.38 Å². The summed E-state index contributed by atoms with van der Waals surface area (Å²) in [6.07, 6.45) is 4.44. The molecule has 2 aliphatic rings. The molecule has 25 heavy (non-hydrogen) atoms. The molecule has 3 N–H and O–H groups in total. The number of aromatic nitrogens is 1. The Labute approximate surface area is 144 Å². The van der Waals surface area contributed by atoms with E-state index in [1.165, 1.54) is 6.07 Å². The molecule has 1 fully saturated rings. The number of nitrogens with zero attached hydrogens (tertiary/aromatic N) is 3. The lowest BCUT2D eigenvalue weighted by Gasteiger charge is -2.42. The van der Waals surface area contributed by atoms with E-state index in [4.69, 9.17) is 5.73 Å². The van der Waals surface area contributed by atoms with E-state index >= 15 is 0 Å². The molecule has 2 aliphatic heterocycles. The van der Waals surface area contributed by atoms with Gasteiger partial charge in [-0.05, 0) is 24.3 Å². The van der Waals surface area contributed by atoms with Crippen LogP contribution in [0.2, 0.25) is 0 Å². The van der Waals surface area contributed by atoms with Crippen molar-refractivity contribution in [1.82, 2.24) is 9.88 Å². The molecule has 0 atom stereocenters. The maximum Gasteiger partial charge on any atom is 0.253 e. The van der Waals surface area contributed by atoms with Crippen LogP contribution in [0.25, 0.3) is 0 Å². The van der Waals surface area contributed by atoms with Gasteiger partial charge in [0.25, 0.3) is 5.91 Å². The first-order valence-electron chi connectivity index (χ1n) is 8.20. The molecular weight excluding hydrogens is 321 g/mol. The van der Waals surface area contributed by atoms with Gasteiger partial charge in [0.05, 0.1) is 5.56 Å². The van der Waals surface area contributed by atoms with Crippen molar-refractivity contribution in [2.75, 3.05) is 18.4 Å². The van der Waals surface area contributed by atoms with Crippen LogP contribution in [0.4, 0.5) is 10.1 Å². The summed E-state index contributed by atoms with van der Waals surface area (Å²) in [5, 5.41) is 3.33. The van der Waals surface area contributed by atoms with Gasteiger partial charge in [0.1, 0.15) is 17.3 Å². The van der Waals surface area contributed by atoms with Crippen molar-refractivity contribution < 1.29 is 9.18 Å². The third kappa shape index (κ3) is 2.71. The molecule has 1 aromatic heterocycles. The third-order valence-corrected chi connectivity index (χ3v) is 4.78. The number of carbonyl (C=O) groups excluding carboxylic acids is 1. The molecule has 1 spiro atoms. The van der Waals surface area contributed by atoms with E-state index in [0.29, 0.717) is 42.7 Å². The van der Waals surface area contributed by atoms with E-state index in [9.17, 15) is 9.18 Å². The number of fused-ring (bicyclic) bond motifs is 1. The van der Waals surface area contributed by atoms with Crippen LogP contribution in [0, 0.1) is 5.82 Å². The minimum atomic E-state index is -0.583. The summed E-state index contributed by atoms with van der Waals surface area (Å²) in [6, 6.07) is 8.24. The van der Waals surface area contributed by atoms with Crippen LogP contribution in [0.1, 0.15) is 28.8 Å². The van der Waals surface area contributed by atoms with Gasteiger partial charge in [0, 0.05) is 49.6 Å². The van der Waals surface area contributed by atoms with Gasteiger partial charge in [0.15, 0.2) is 0 Å². The third-order valence-electron chi connectivity index (χ3n) is 4.78. The highest BCUT2D eigenvalue weighted by molar-refractivity contribution is 6.04. The van der Waals surface area contributed by atoms with Crippen LogP contribution >= 0.6 is 0 Å². The number of halogens is 1. The normalized spacial score (nSPS) is 18.3. The van der Waals surface area contributed by atoms with Crippen LogP contribution in [0.15, 0.2) is 47.7 Å². The molecule has 3 heterocycles. The number of nitrogens with two attached hydrogens (primary N) is 1. The summed E-state index contributed by atoms with van der Waals surface area (Å²) >= 11 is 0. The van der Waals surface area contributed by atoms with E-state index in [1.807, 2.05) is 0 Å². The molecule has 1 aromatic carbocycles. The standard InChI is InChI=1S/C18H18FN5O/c19-13-2-1-3-14-15(13)16(20)23-18(22-14)6-10-24(11-7-18)17(25)12-4-8-21-9-5-12/h1-5,8-9,22H,6-7,10-11H2,(H2,20,23). The molecule has 0 bridgehead atoms. The molecule has 0 saturated carbocycles. The summed E-state index contributed by atoms with van der Waals surface area (Å²) in [5.41, 5.74) is 7.04. The highest BCUT2D eigenvalue weighted by atomic mass is 19.1. The number of carbonyl (C=O) groups is 1. The Hall–Kier alpha value is -2.96. The zero-order valence-electron chi connectivity index (χ0n) is 13.6. The number of anilines is 1. The van der Waals surface area contributed by atoms with Gasteiger partial charge < -0.3 is 16.0 Å². The molecule has 1 saturated heterocycles. The Balaban J connectivity index is 1.53. The summed E-state index contributed by atoms with van der Waals surface area (Å²) < 4.78 is 14.0. The number of nitrogens with one attached hydrogen (secondary N) is 1. The largest absolute Gasteiger partial charge is 0.383 e. The van der Waals surface area contributed by atoms with Crippen LogP contribution in [0.5, 0.6) is 0 Å². The molecule has 6 nitrogen and oxygen atoms in total. The average Bonchev–Trinajstić information content (AvgIpc) is 2.62.